The molecule has 0 fully saturated rings. The van der Waals surface area contributed by atoms with Crippen LogP contribution in [-0.4, -0.2) is 47.4 Å². The normalized spacial score (nSPS) is 12.7. The summed E-state index contributed by atoms with van der Waals surface area (Å²) in [6.45, 7) is 4.92. The van der Waals surface area contributed by atoms with Crippen LogP contribution in [0.1, 0.15) is 367 Å². The first-order valence-corrected chi connectivity index (χ1v) is 33.1. The van der Waals surface area contributed by atoms with Crippen LogP contribution < -0.4 is 5.32 Å². The van der Waals surface area contributed by atoms with E-state index in [1.54, 1.807) is 6.08 Å². The lowest BCUT2D eigenvalue weighted by molar-refractivity contribution is -0.143. The second kappa shape index (κ2) is 62.9. The van der Waals surface area contributed by atoms with E-state index in [4.69, 9.17) is 4.74 Å². The Morgan fingerprint density at radius 3 is 0.973 bits per heavy atom. The van der Waals surface area contributed by atoms with E-state index in [0.29, 0.717) is 19.4 Å². The largest absolute Gasteiger partial charge is 0.466 e. The Balaban J connectivity index is 3.47. The van der Waals surface area contributed by atoms with Crippen molar-refractivity contribution < 1.29 is 24.5 Å². The predicted molar refractivity (Wildman–Crippen MR) is 320 cm³/mol. The van der Waals surface area contributed by atoms with Crippen LogP contribution in [0, 0.1) is 0 Å². The maximum Gasteiger partial charge on any atom is 0.305 e. The summed E-state index contributed by atoms with van der Waals surface area (Å²) in [5.74, 6) is -0.0750. The summed E-state index contributed by atoms with van der Waals surface area (Å²) in [5.41, 5.74) is 0. The summed E-state index contributed by atoms with van der Waals surface area (Å²) in [6.07, 6.45) is 78.0. The average Bonchev–Trinajstić information content (AvgIpc) is 3.39. The van der Waals surface area contributed by atoms with Gasteiger partial charge < -0.3 is 20.3 Å². The highest BCUT2D eigenvalue weighted by Crippen LogP contribution is 2.18. The average molecular weight is 1030 g/mol. The second-order valence-electron chi connectivity index (χ2n) is 22.8. The number of aliphatic hydroxyl groups is 2. The van der Waals surface area contributed by atoms with E-state index in [9.17, 15) is 19.8 Å². The number of aliphatic hydroxyl groups excluding tert-OH is 2. The number of carbonyl (C=O) groups excluding carboxylic acids is 2. The zero-order chi connectivity index (χ0) is 52.9. The van der Waals surface area contributed by atoms with Gasteiger partial charge >= 0.3 is 5.97 Å². The molecule has 2 unspecified atom stereocenters. The molecule has 0 aliphatic rings. The molecule has 0 heterocycles. The van der Waals surface area contributed by atoms with Crippen molar-refractivity contribution in [1.82, 2.24) is 5.32 Å². The van der Waals surface area contributed by atoms with Gasteiger partial charge in [-0.2, -0.15) is 0 Å². The van der Waals surface area contributed by atoms with E-state index in [0.717, 1.165) is 57.8 Å². The molecular weight excluding hydrogens is 899 g/mol. The van der Waals surface area contributed by atoms with Crippen LogP contribution in [0.4, 0.5) is 0 Å². The van der Waals surface area contributed by atoms with Crippen LogP contribution in [0.15, 0.2) is 24.3 Å². The Hall–Kier alpha value is -1.66. The van der Waals surface area contributed by atoms with Gasteiger partial charge in [-0.15, -0.1) is 0 Å². The highest BCUT2D eigenvalue weighted by molar-refractivity contribution is 5.76. The van der Waals surface area contributed by atoms with Crippen molar-refractivity contribution in [3.63, 3.8) is 0 Å². The van der Waals surface area contributed by atoms with Crippen LogP contribution in [0.2, 0.25) is 0 Å². The summed E-state index contributed by atoms with van der Waals surface area (Å²) in [6, 6.07) is -0.638. The number of carbonyl (C=O) groups is 2. The number of esters is 1. The first-order chi connectivity index (χ1) is 36.0. The van der Waals surface area contributed by atoms with Gasteiger partial charge in [-0.3, -0.25) is 9.59 Å². The fourth-order valence-corrected chi connectivity index (χ4v) is 10.4. The third-order valence-corrected chi connectivity index (χ3v) is 15.5. The van der Waals surface area contributed by atoms with Crippen molar-refractivity contribution in [1.29, 1.82) is 0 Å². The lowest BCUT2D eigenvalue weighted by atomic mass is 10.0. The summed E-state index contributed by atoms with van der Waals surface area (Å²) in [5, 5.41) is 23.2. The fourth-order valence-electron chi connectivity index (χ4n) is 10.4. The fraction of sp³-hybridized carbons (Fsp3) is 0.910. The lowest BCUT2D eigenvalue weighted by Gasteiger charge is -2.20. The number of allylic oxidation sites excluding steroid dienone is 3. The number of rotatable bonds is 62. The van der Waals surface area contributed by atoms with Crippen molar-refractivity contribution >= 4 is 11.9 Å². The molecule has 3 N–H and O–H groups in total. The first kappa shape index (κ1) is 71.3. The van der Waals surface area contributed by atoms with Gasteiger partial charge in [-0.1, -0.05) is 321 Å². The van der Waals surface area contributed by atoms with E-state index in [1.165, 1.54) is 283 Å². The van der Waals surface area contributed by atoms with Gasteiger partial charge in [0.1, 0.15) is 0 Å². The molecule has 432 valence electrons. The Morgan fingerprint density at radius 1 is 0.370 bits per heavy atom. The number of nitrogens with one attached hydrogen (secondary N) is 1. The Labute approximate surface area is 456 Å². The highest BCUT2D eigenvalue weighted by Gasteiger charge is 2.18. The van der Waals surface area contributed by atoms with Crippen LogP contribution in [0.25, 0.3) is 0 Å². The topological polar surface area (TPSA) is 95.9 Å². The molecule has 0 aromatic carbocycles. The van der Waals surface area contributed by atoms with Gasteiger partial charge in [0.25, 0.3) is 0 Å². The molecule has 73 heavy (non-hydrogen) atoms. The minimum Gasteiger partial charge on any atom is -0.466 e. The minimum absolute atomic E-state index is 0.000989. The van der Waals surface area contributed by atoms with Gasteiger partial charge in [0.05, 0.1) is 25.4 Å². The molecule has 2 atom stereocenters. The molecule has 0 aromatic rings. The van der Waals surface area contributed by atoms with Gasteiger partial charge in [-0.25, -0.2) is 0 Å². The molecular formula is C67H129NO5. The zero-order valence-corrected chi connectivity index (χ0v) is 49.4. The number of ether oxygens (including phenoxy) is 1. The molecule has 0 aliphatic heterocycles. The van der Waals surface area contributed by atoms with E-state index in [1.807, 2.05) is 6.08 Å². The van der Waals surface area contributed by atoms with E-state index in [2.05, 4.69) is 31.3 Å². The molecule has 0 radical (unpaired) electrons. The molecule has 0 saturated heterocycles. The zero-order valence-electron chi connectivity index (χ0n) is 49.4. The Bertz CT molecular complexity index is 1140. The van der Waals surface area contributed by atoms with Crippen molar-refractivity contribution in [2.24, 2.45) is 0 Å². The monoisotopic (exact) mass is 1030 g/mol. The van der Waals surface area contributed by atoms with Crippen molar-refractivity contribution in [2.75, 3.05) is 13.2 Å². The van der Waals surface area contributed by atoms with Crippen molar-refractivity contribution in [2.45, 2.75) is 379 Å². The van der Waals surface area contributed by atoms with Gasteiger partial charge in [-0.05, 0) is 57.8 Å². The van der Waals surface area contributed by atoms with Gasteiger partial charge in [0.15, 0.2) is 0 Å². The summed E-state index contributed by atoms with van der Waals surface area (Å²) in [7, 11) is 0. The molecule has 0 aliphatic carbocycles. The molecule has 1 amide bonds. The molecule has 0 rings (SSSR count). The number of hydrogen-bond acceptors (Lipinski definition) is 5. The smallest absolute Gasteiger partial charge is 0.305 e. The summed E-state index contributed by atoms with van der Waals surface area (Å²) < 4.78 is 5.48. The van der Waals surface area contributed by atoms with E-state index < -0.39 is 12.1 Å². The molecule has 0 saturated carbocycles. The SMILES string of the molecule is CCCCCCCCCCCCCCCCCCCCCCCC/C=C/C(O)C(CO)NC(=O)CCCCCCCCC/C=C\CCCCCCCCOC(=O)CCCCCCCCCCCCCCCCC. The van der Waals surface area contributed by atoms with E-state index >= 15 is 0 Å². The van der Waals surface area contributed by atoms with E-state index in [-0.39, 0.29) is 18.5 Å². The van der Waals surface area contributed by atoms with Crippen LogP contribution in [0.5, 0.6) is 0 Å². The Kier molecular flexibility index (Phi) is 61.4. The lowest BCUT2D eigenvalue weighted by Crippen LogP contribution is -2.45. The highest BCUT2D eigenvalue weighted by atomic mass is 16.5. The minimum atomic E-state index is -0.853. The third kappa shape index (κ3) is 59.4. The molecule has 6 nitrogen and oxygen atoms in total. The van der Waals surface area contributed by atoms with Crippen molar-refractivity contribution in [3.8, 4) is 0 Å². The second-order valence-corrected chi connectivity index (χ2v) is 22.8. The van der Waals surface area contributed by atoms with Gasteiger partial charge in [0, 0.05) is 12.8 Å². The number of unbranched alkanes of at least 4 members (excludes halogenated alkanes) is 49. The number of hydrogen-bond donors (Lipinski definition) is 3. The third-order valence-electron chi connectivity index (χ3n) is 15.5. The molecule has 0 spiro atoms. The molecule has 0 bridgehead atoms. The van der Waals surface area contributed by atoms with Gasteiger partial charge in [0.2, 0.25) is 5.91 Å². The van der Waals surface area contributed by atoms with Crippen LogP contribution in [-0.2, 0) is 14.3 Å². The van der Waals surface area contributed by atoms with Crippen molar-refractivity contribution in [3.05, 3.63) is 24.3 Å². The first-order valence-electron chi connectivity index (χ1n) is 33.1. The summed E-state index contributed by atoms with van der Waals surface area (Å²) in [4.78, 5) is 24.6. The maximum absolute atomic E-state index is 12.5. The standard InChI is InChI=1S/C67H129NO5/c1-3-5-7-9-11-13-15-17-19-20-21-22-23-24-25-26-28-32-35-39-43-47-51-55-59-65(70)64(63-69)68-66(71)60-56-52-48-44-40-36-33-29-27-30-34-38-42-46-50-54-58-62-73-67(72)61-57-53-49-45-41-37-31-18-16-14-12-10-8-6-4-2/h27,30,55,59,64-65,69-70H,3-26,28-29,31-54,56-58,60-63H2,1-2H3,(H,68,71)/b30-27-,59-55+. The number of amides is 1. The Morgan fingerprint density at radius 2 is 0.644 bits per heavy atom. The molecule has 0 aromatic heterocycles. The van der Waals surface area contributed by atoms with Crippen LogP contribution >= 0.6 is 0 Å². The summed E-state index contributed by atoms with van der Waals surface area (Å²) >= 11 is 0. The molecule has 6 heteroatoms. The maximum atomic E-state index is 12.5. The quantitative estimate of drug-likeness (QED) is 0.0320. The predicted octanol–water partition coefficient (Wildman–Crippen LogP) is 21.0. The van der Waals surface area contributed by atoms with Crippen LogP contribution in [0.3, 0.4) is 0 Å².